The number of amides is 3. The van der Waals surface area contributed by atoms with Crippen LogP contribution in [0.3, 0.4) is 0 Å². The van der Waals surface area contributed by atoms with Crippen molar-refractivity contribution >= 4 is 62.7 Å². The topological polar surface area (TPSA) is 117 Å². The van der Waals surface area contributed by atoms with Gasteiger partial charge in [0.1, 0.15) is 23.4 Å². The molecule has 0 unspecified atom stereocenters. The summed E-state index contributed by atoms with van der Waals surface area (Å²) >= 11 is 3.52. The number of carbonyl (C=O) groups is 3. The first kappa shape index (κ1) is 32.2. The highest BCUT2D eigenvalue weighted by molar-refractivity contribution is 9.10. The fraction of sp³-hybridized carbons (Fsp3) is 0.367. The van der Waals surface area contributed by atoms with Gasteiger partial charge in [0.15, 0.2) is 0 Å². The Balaban J connectivity index is 0.00000462. The van der Waals surface area contributed by atoms with Crippen molar-refractivity contribution in [3.05, 3.63) is 70.2 Å². The van der Waals surface area contributed by atoms with E-state index in [0.717, 1.165) is 32.1 Å². The lowest BCUT2D eigenvalue weighted by molar-refractivity contribution is -0.129. The number of halogens is 2. The molecule has 3 amide bonds. The molecule has 0 radical (unpaired) electrons. The summed E-state index contributed by atoms with van der Waals surface area (Å²) in [5.74, 6) is -0.333. The van der Waals surface area contributed by atoms with Crippen LogP contribution in [0.1, 0.15) is 38.3 Å². The Morgan fingerprint density at radius 3 is 2.56 bits per heavy atom. The number of nitrogens with zero attached hydrogens (tertiary/aromatic N) is 1. The molecule has 3 aromatic carbocycles. The molecule has 0 saturated heterocycles. The Labute approximate surface area is 254 Å². The Hall–Kier alpha value is -3.34. The molecule has 11 heteroatoms. The van der Waals surface area contributed by atoms with Crippen molar-refractivity contribution in [2.24, 2.45) is 0 Å². The number of rotatable bonds is 7. The average Bonchev–Trinajstić information content (AvgIpc) is 3.03. The zero-order chi connectivity index (χ0) is 29.0. The Morgan fingerprint density at radius 2 is 1.88 bits per heavy atom. The molecule has 2 atom stereocenters. The van der Waals surface area contributed by atoms with Crippen LogP contribution < -0.4 is 20.3 Å². The molecule has 41 heavy (non-hydrogen) atoms. The van der Waals surface area contributed by atoms with Gasteiger partial charge in [0.05, 0.1) is 20.3 Å². The maximum atomic E-state index is 14.0. The molecule has 0 saturated carbocycles. The molecule has 3 aromatic rings. The first-order valence-corrected chi connectivity index (χ1v) is 13.8. The molecule has 9 nitrogen and oxygen atoms in total. The summed E-state index contributed by atoms with van der Waals surface area (Å²) in [5.41, 5.74) is 1.79. The smallest absolute Gasteiger partial charge is 0.408 e. The highest BCUT2D eigenvalue weighted by Crippen LogP contribution is 2.35. The maximum absolute atomic E-state index is 14.0. The number of alkyl carbamates (subject to hydrolysis) is 1. The summed E-state index contributed by atoms with van der Waals surface area (Å²) in [5, 5.41) is 16.9. The summed E-state index contributed by atoms with van der Waals surface area (Å²) in [6.45, 7) is 4.64. The standard InChI is InChI=1S/C30H34BrN3O6.ClH/c1-30(2,3)40-29(38)33-24(17-35)27(36)32-23-13-9-18-7-5-6-8-25(18)34(28(23)37)16-22-21-12-11-20(31)15-19(21)10-14-26(22)39-4;/h5-8,10-12,14-15,23-24,35H,9,13,16-17H2,1-4H3,(H,32,36)(H,33,38);1H/t23-,24-;/m0./s1. The first-order chi connectivity index (χ1) is 19.0. The van der Waals surface area contributed by atoms with Gasteiger partial charge in [0, 0.05) is 15.7 Å². The molecule has 4 rings (SSSR count). The molecule has 1 aliphatic heterocycles. The third kappa shape index (κ3) is 7.69. The quantitative estimate of drug-likeness (QED) is 0.336. The van der Waals surface area contributed by atoms with Crippen molar-refractivity contribution in [3.63, 3.8) is 0 Å². The number of aliphatic hydroxyl groups is 1. The van der Waals surface area contributed by atoms with E-state index < -0.39 is 36.3 Å². The number of aryl methyl sites for hydroxylation is 1. The molecule has 220 valence electrons. The second-order valence-corrected chi connectivity index (χ2v) is 11.6. The minimum absolute atomic E-state index is 0. The maximum Gasteiger partial charge on any atom is 0.408 e. The molecular formula is C30H35BrClN3O6. The number of ether oxygens (including phenoxy) is 2. The van der Waals surface area contributed by atoms with Crippen LogP contribution in [0.15, 0.2) is 59.1 Å². The zero-order valence-electron chi connectivity index (χ0n) is 23.4. The van der Waals surface area contributed by atoms with Gasteiger partial charge >= 0.3 is 6.09 Å². The van der Waals surface area contributed by atoms with E-state index in [1.165, 1.54) is 0 Å². The van der Waals surface area contributed by atoms with Gasteiger partial charge in [-0.25, -0.2) is 4.79 Å². The predicted molar refractivity (Wildman–Crippen MR) is 164 cm³/mol. The molecule has 3 N–H and O–H groups in total. The molecule has 0 bridgehead atoms. The van der Waals surface area contributed by atoms with Gasteiger partial charge in [-0.05, 0) is 74.2 Å². The Bertz CT molecular complexity index is 1430. The number of hydrogen-bond donors (Lipinski definition) is 3. The van der Waals surface area contributed by atoms with Gasteiger partial charge in [-0.2, -0.15) is 0 Å². The van der Waals surface area contributed by atoms with E-state index in [1.807, 2.05) is 54.6 Å². The summed E-state index contributed by atoms with van der Waals surface area (Å²) in [6, 6.07) is 15.3. The second kappa shape index (κ2) is 13.5. The fourth-order valence-electron chi connectivity index (χ4n) is 4.79. The monoisotopic (exact) mass is 647 g/mol. The number of aliphatic hydroxyl groups excluding tert-OH is 1. The van der Waals surface area contributed by atoms with Crippen LogP contribution >= 0.6 is 28.3 Å². The Morgan fingerprint density at radius 1 is 1.15 bits per heavy atom. The van der Waals surface area contributed by atoms with Crippen LogP contribution in [0.25, 0.3) is 10.8 Å². The van der Waals surface area contributed by atoms with Crippen molar-refractivity contribution in [2.75, 3.05) is 18.6 Å². The van der Waals surface area contributed by atoms with Gasteiger partial charge in [-0.15, -0.1) is 12.4 Å². The number of para-hydroxylation sites is 1. The third-order valence-electron chi connectivity index (χ3n) is 6.64. The number of hydrogen-bond acceptors (Lipinski definition) is 6. The largest absolute Gasteiger partial charge is 0.496 e. The number of benzene rings is 3. The lowest BCUT2D eigenvalue weighted by atomic mass is 10.0. The summed E-state index contributed by atoms with van der Waals surface area (Å²) in [6.07, 6.45) is 0.0618. The number of methoxy groups -OCH3 is 1. The van der Waals surface area contributed by atoms with Gasteiger partial charge in [0.2, 0.25) is 11.8 Å². The summed E-state index contributed by atoms with van der Waals surface area (Å²) in [7, 11) is 1.59. The number of carbonyl (C=O) groups excluding carboxylic acids is 3. The fourth-order valence-corrected chi connectivity index (χ4v) is 5.17. The average molecular weight is 649 g/mol. The molecule has 1 heterocycles. The normalized spacial score (nSPS) is 15.7. The Kier molecular flexibility index (Phi) is 10.6. The van der Waals surface area contributed by atoms with Crippen LogP contribution in [0.4, 0.5) is 10.5 Å². The van der Waals surface area contributed by atoms with E-state index in [9.17, 15) is 19.5 Å². The highest BCUT2D eigenvalue weighted by Gasteiger charge is 2.34. The van der Waals surface area contributed by atoms with E-state index in [1.54, 1.807) is 32.8 Å². The van der Waals surface area contributed by atoms with E-state index in [4.69, 9.17) is 9.47 Å². The zero-order valence-corrected chi connectivity index (χ0v) is 25.8. The lowest BCUT2D eigenvalue weighted by Crippen LogP contribution is -2.55. The predicted octanol–water partition coefficient (Wildman–Crippen LogP) is 4.88. The van der Waals surface area contributed by atoms with Crippen LogP contribution in [0, 0.1) is 0 Å². The summed E-state index contributed by atoms with van der Waals surface area (Å²) in [4.78, 5) is 41.0. The molecule has 0 aliphatic carbocycles. The first-order valence-electron chi connectivity index (χ1n) is 13.1. The van der Waals surface area contributed by atoms with Crippen molar-refractivity contribution in [2.45, 2.75) is 57.8 Å². The van der Waals surface area contributed by atoms with Crippen molar-refractivity contribution in [1.82, 2.24) is 10.6 Å². The third-order valence-corrected chi connectivity index (χ3v) is 7.14. The summed E-state index contributed by atoms with van der Waals surface area (Å²) < 4.78 is 11.8. The van der Waals surface area contributed by atoms with Crippen LogP contribution in [-0.4, -0.2) is 54.4 Å². The molecule has 1 aliphatic rings. The highest BCUT2D eigenvalue weighted by atomic mass is 79.9. The van der Waals surface area contributed by atoms with Gasteiger partial charge in [-0.3, -0.25) is 9.59 Å². The molecule has 0 spiro atoms. The van der Waals surface area contributed by atoms with Crippen molar-refractivity contribution < 1.29 is 29.0 Å². The van der Waals surface area contributed by atoms with Crippen LogP contribution in [-0.2, 0) is 27.3 Å². The number of anilines is 1. The minimum atomic E-state index is -1.28. The minimum Gasteiger partial charge on any atom is -0.496 e. The lowest BCUT2D eigenvalue weighted by Gasteiger charge is -2.28. The van der Waals surface area contributed by atoms with Crippen molar-refractivity contribution in [1.29, 1.82) is 0 Å². The van der Waals surface area contributed by atoms with Gasteiger partial charge < -0.3 is 30.1 Å². The van der Waals surface area contributed by atoms with Crippen LogP contribution in [0.5, 0.6) is 5.75 Å². The second-order valence-electron chi connectivity index (χ2n) is 10.6. The van der Waals surface area contributed by atoms with E-state index in [-0.39, 0.29) is 24.9 Å². The SMILES string of the molecule is COc1ccc2cc(Br)ccc2c1CN1C(=O)[C@@H](NC(=O)[C@H](CO)NC(=O)OC(C)(C)C)CCc2ccccc21.Cl. The molecule has 0 fully saturated rings. The number of nitrogens with one attached hydrogen (secondary N) is 2. The molecular weight excluding hydrogens is 614 g/mol. The van der Waals surface area contributed by atoms with Gasteiger partial charge in [-0.1, -0.05) is 46.3 Å². The van der Waals surface area contributed by atoms with E-state index >= 15 is 0 Å². The van der Waals surface area contributed by atoms with E-state index in [0.29, 0.717) is 18.6 Å². The van der Waals surface area contributed by atoms with Crippen LogP contribution in [0.2, 0.25) is 0 Å². The molecule has 0 aromatic heterocycles. The van der Waals surface area contributed by atoms with E-state index in [2.05, 4.69) is 26.6 Å². The van der Waals surface area contributed by atoms with Crippen molar-refractivity contribution in [3.8, 4) is 5.75 Å². The number of fused-ring (bicyclic) bond motifs is 2. The van der Waals surface area contributed by atoms with Gasteiger partial charge in [0.25, 0.3) is 0 Å².